The highest BCUT2D eigenvalue weighted by molar-refractivity contribution is 5.29. The largest absolute Gasteiger partial charge is 0.392 e. The molecule has 17 heavy (non-hydrogen) atoms. The van der Waals surface area contributed by atoms with Gasteiger partial charge in [-0.25, -0.2) is 14.6 Å². The summed E-state index contributed by atoms with van der Waals surface area (Å²) in [5, 5.41) is 13.4. The number of aliphatic hydroxyl groups excluding tert-OH is 1. The van der Waals surface area contributed by atoms with E-state index >= 15 is 0 Å². The van der Waals surface area contributed by atoms with Gasteiger partial charge in [0.15, 0.2) is 0 Å². The number of aromatic nitrogens is 4. The first-order valence-corrected chi connectivity index (χ1v) is 5.64. The van der Waals surface area contributed by atoms with Gasteiger partial charge in [0, 0.05) is 23.7 Å². The molecule has 2 rings (SSSR count). The third-order valence-electron chi connectivity index (χ3n) is 2.86. The lowest BCUT2D eigenvalue weighted by atomic mass is 10.1. The van der Waals surface area contributed by atoms with E-state index in [-0.39, 0.29) is 6.61 Å². The van der Waals surface area contributed by atoms with Gasteiger partial charge in [-0.3, -0.25) is 0 Å². The lowest BCUT2D eigenvalue weighted by molar-refractivity contribution is 0.281. The molecule has 2 aromatic heterocycles. The average Bonchev–Trinajstić information content (AvgIpc) is 2.64. The molecule has 90 valence electrons. The van der Waals surface area contributed by atoms with Crippen LogP contribution < -0.4 is 0 Å². The van der Waals surface area contributed by atoms with Crippen molar-refractivity contribution in [2.24, 2.45) is 0 Å². The Morgan fingerprint density at radius 3 is 2.35 bits per heavy atom. The van der Waals surface area contributed by atoms with Gasteiger partial charge in [0.25, 0.3) is 5.95 Å². The Bertz CT molecular complexity index is 516. The van der Waals surface area contributed by atoms with Gasteiger partial charge < -0.3 is 5.11 Å². The highest BCUT2D eigenvalue weighted by Gasteiger charge is 2.12. The molecule has 5 nitrogen and oxygen atoms in total. The molecule has 0 aliphatic heterocycles. The molecule has 1 N–H and O–H groups in total. The SMILES string of the molecule is CCc1c(C)nn(-c2ncc(CO)cn2)c1C. The lowest BCUT2D eigenvalue weighted by Crippen LogP contribution is -2.05. The Hall–Kier alpha value is -1.75. The van der Waals surface area contributed by atoms with Crippen molar-refractivity contribution in [3.63, 3.8) is 0 Å². The monoisotopic (exact) mass is 232 g/mol. The smallest absolute Gasteiger partial charge is 0.250 e. The first kappa shape index (κ1) is 11.7. The first-order valence-electron chi connectivity index (χ1n) is 5.64. The molecule has 0 spiro atoms. The van der Waals surface area contributed by atoms with E-state index in [0.29, 0.717) is 11.5 Å². The Labute approximate surface area is 100 Å². The summed E-state index contributed by atoms with van der Waals surface area (Å²) in [5.41, 5.74) is 4.02. The highest BCUT2D eigenvalue weighted by Crippen LogP contribution is 2.15. The topological polar surface area (TPSA) is 63.8 Å². The quantitative estimate of drug-likeness (QED) is 0.867. The summed E-state index contributed by atoms with van der Waals surface area (Å²) in [6.45, 7) is 6.07. The van der Waals surface area contributed by atoms with Crippen LogP contribution in [0.25, 0.3) is 5.95 Å². The minimum atomic E-state index is -0.0440. The maximum Gasteiger partial charge on any atom is 0.250 e. The van der Waals surface area contributed by atoms with Gasteiger partial charge in [0.2, 0.25) is 0 Å². The van der Waals surface area contributed by atoms with Crippen molar-refractivity contribution in [3.8, 4) is 5.95 Å². The zero-order valence-electron chi connectivity index (χ0n) is 10.3. The standard InChI is InChI=1S/C12H16N4O/c1-4-11-8(2)15-16(9(11)3)12-13-5-10(7-17)6-14-12/h5-6,17H,4,7H2,1-3H3. The van der Waals surface area contributed by atoms with E-state index in [1.165, 1.54) is 5.56 Å². The van der Waals surface area contributed by atoms with Crippen LogP contribution in [0.4, 0.5) is 0 Å². The molecule has 0 fully saturated rings. The van der Waals surface area contributed by atoms with Gasteiger partial charge in [-0.05, 0) is 25.8 Å². The van der Waals surface area contributed by atoms with E-state index in [1.54, 1.807) is 17.1 Å². The fourth-order valence-electron chi connectivity index (χ4n) is 1.92. The number of aliphatic hydroxyl groups is 1. The van der Waals surface area contributed by atoms with Gasteiger partial charge in [-0.15, -0.1) is 0 Å². The van der Waals surface area contributed by atoms with E-state index in [9.17, 15) is 0 Å². The molecular weight excluding hydrogens is 216 g/mol. The van der Waals surface area contributed by atoms with E-state index < -0.39 is 0 Å². The average molecular weight is 232 g/mol. The van der Waals surface area contributed by atoms with Gasteiger partial charge >= 0.3 is 0 Å². The van der Waals surface area contributed by atoms with Gasteiger partial charge in [0.1, 0.15) is 0 Å². The second-order valence-electron chi connectivity index (χ2n) is 3.96. The minimum Gasteiger partial charge on any atom is -0.392 e. The van der Waals surface area contributed by atoms with Crippen LogP contribution in [0.3, 0.4) is 0 Å². The number of hydrogen-bond acceptors (Lipinski definition) is 4. The Morgan fingerprint density at radius 2 is 1.88 bits per heavy atom. The molecule has 2 heterocycles. The van der Waals surface area contributed by atoms with Gasteiger partial charge in [-0.2, -0.15) is 5.10 Å². The molecule has 0 amide bonds. The Morgan fingerprint density at radius 1 is 1.24 bits per heavy atom. The van der Waals surface area contributed by atoms with Crippen LogP contribution in [0.1, 0.15) is 29.4 Å². The molecule has 0 aromatic carbocycles. The van der Waals surface area contributed by atoms with Gasteiger partial charge in [0.05, 0.1) is 12.3 Å². The third kappa shape index (κ3) is 2.06. The van der Waals surface area contributed by atoms with Crippen molar-refractivity contribution in [3.05, 3.63) is 34.9 Å². The van der Waals surface area contributed by atoms with Crippen molar-refractivity contribution < 1.29 is 5.11 Å². The fourth-order valence-corrected chi connectivity index (χ4v) is 1.92. The first-order chi connectivity index (χ1) is 8.17. The molecule has 0 aliphatic carbocycles. The van der Waals surface area contributed by atoms with Crippen LogP contribution in [0.15, 0.2) is 12.4 Å². The maximum absolute atomic E-state index is 8.94. The summed E-state index contributed by atoms with van der Waals surface area (Å²) in [4.78, 5) is 8.40. The van der Waals surface area contributed by atoms with Crippen LogP contribution in [0.5, 0.6) is 0 Å². The molecule has 0 unspecified atom stereocenters. The van der Waals surface area contributed by atoms with E-state index in [1.807, 2.05) is 13.8 Å². The van der Waals surface area contributed by atoms with Gasteiger partial charge in [-0.1, -0.05) is 6.92 Å². The van der Waals surface area contributed by atoms with Crippen molar-refractivity contribution in [2.45, 2.75) is 33.8 Å². The summed E-state index contributed by atoms with van der Waals surface area (Å²) in [7, 11) is 0. The summed E-state index contributed by atoms with van der Waals surface area (Å²) in [6, 6.07) is 0. The predicted molar refractivity (Wildman–Crippen MR) is 63.9 cm³/mol. The molecule has 0 saturated carbocycles. The van der Waals surface area contributed by atoms with Crippen molar-refractivity contribution in [1.82, 2.24) is 19.7 Å². The second-order valence-corrected chi connectivity index (χ2v) is 3.96. The van der Waals surface area contributed by atoms with Crippen molar-refractivity contribution >= 4 is 0 Å². The molecule has 0 aliphatic rings. The van der Waals surface area contributed by atoms with Crippen LogP contribution >= 0.6 is 0 Å². The summed E-state index contributed by atoms with van der Waals surface area (Å²) < 4.78 is 1.75. The highest BCUT2D eigenvalue weighted by atomic mass is 16.3. The van der Waals surface area contributed by atoms with Crippen LogP contribution in [0, 0.1) is 13.8 Å². The Balaban J connectivity index is 2.45. The van der Waals surface area contributed by atoms with Crippen LogP contribution in [0.2, 0.25) is 0 Å². The van der Waals surface area contributed by atoms with E-state index in [0.717, 1.165) is 17.8 Å². The molecule has 0 radical (unpaired) electrons. The summed E-state index contributed by atoms with van der Waals surface area (Å²) in [6.07, 6.45) is 4.18. The summed E-state index contributed by atoms with van der Waals surface area (Å²) >= 11 is 0. The van der Waals surface area contributed by atoms with E-state index in [2.05, 4.69) is 22.0 Å². The maximum atomic E-state index is 8.94. The molecule has 0 bridgehead atoms. The molecule has 0 atom stereocenters. The van der Waals surface area contributed by atoms with Crippen LogP contribution in [-0.4, -0.2) is 24.9 Å². The van der Waals surface area contributed by atoms with Crippen molar-refractivity contribution in [1.29, 1.82) is 0 Å². The molecular formula is C12H16N4O. The second kappa shape index (κ2) is 4.63. The zero-order chi connectivity index (χ0) is 12.4. The minimum absolute atomic E-state index is 0.0440. The lowest BCUT2D eigenvalue weighted by Gasteiger charge is -2.03. The number of rotatable bonds is 3. The molecule has 0 saturated heterocycles. The molecule has 2 aromatic rings. The van der Waals surface area contributed by atoms with Crippen molar-refractivity contribution in [2.75, 3.05) is 0 Å². The predicted octanol–water partition coefficient (Wildman–Crippen LogP) is 1.33. The van der Waals surface area contributed by atoms with E-state index in [4.69, 9.17) is 5.11 Å². The van der Waals surface area contributed by atoms with Crippen LogP contribution in [-0.2, 0) is 13.0 Å². The summed E-state index contributed by atoms with van der Waals surface area (Å²) in [5.74, 6) is 0.544. The normalized spacial score (nSPS) is 10.8. The molecule has 5 heteroatoms. The number of aryl methyl sites for hydroxylation is 1. The number of nitrogens with zero attached hydrogens (tertiary/aromatic N) is 4. The Kier molecular flexibility index (Phi) is 3.19. The fraction of sp³-hybridized carbons (Fsp3) is 0.417. The third-order valence-corrected chi connectivity index (χ3v) is 2.86. The number of hydrogen-bond donors (Lipinski definition) is 1. The zero-order valence-corrected chi connectivity index (χ0v) is 10.3.